The highest BCUT2D eigenvalue weighted by molar-refractivity contribution is 6.00. The Hall–Kier alpha value is -1.84. The van der Waals surface area contributed by atoms with Crippen LogP contribution < -0.4 is 11.5 Å². The third-order valence-corrected chi connectivity index (χ3v) is 2.69. The zero-order valence-electron chi connectivity index (χ0n) is 11.2. The minimum Gasteiger partial charge on any atom is -0.369 e. The first-order valence-corrected chi connectivity index (χ1v) is 6.36. The number of nitrogens with zero attached hydrogens (tertiary/aromatic N) is 2. The third kappa shape index (κ3) is 4.99. The summed E-state index contributed by atoms with van der Waals surface area (Å²) >= 11 is 0. The molecule has 0 aliphatic rings. The Bertz CT molecular complexity index is 414. The number of guanidine groups is 1. The summed E-state index contributed by atoms with van der Waals surface area (Å²) in [5.74, 6) is -0.00453. The van der Waals surface area contributed by atoms with Crippen molar-refractivity contribution >= 4 is 11.7 Å². The molecule has 0 aliphatic heterocycles. The van der Waals surface area contributed by atoms with Crippen molar-refractivity contribution in [3.63, 3.8) is 0 Å². The molecular formula is C14H22N4. The van der Waals surface area contributed by atoms with Gasteiger partial charge in [0.2, 0.25) is 5.96 Å². The summed E-state index contributed by atoms with van der Waals surface area (Å²) in [6, 6.07) is 8.26. The third-order valence-electron chi connectivity index (χ3n) is 2.69. The first-order chi connectivity index (χ1) is 8.63. The van der Waals surface area contributed by atoms with Crippen molar-refractivity contribution in [2.45, 2.75) is 39.5 Å². The van der Waals surface area contributed by atoms with Crippen LogP contribution in [-0.4, -0.2) is 11.7 Å². The predicted octanol–water partition coefficient (Wildman–Crippen LogP) is 2.55. The topological polar surface area (TPSA) is 76.8 Å². The summed E-state index contributed by atoms with van der Waals surface area (Å²) in [6.07, 6.45) is 4.37. The van der Waals surface area contributed by atoms with E-state index in [4.69, 9.17) is 11.5 Å². The number of benzene rings is 1. The van der Waals surface area contributed by atoms with Gasteiger partial charge in [0.1, 0.15) is 0 Å². The standard InChI is InChI=1S/C14H22N4/c1-3-4-5-6-13(17-18-14(15)16)12-9-7-11(2)8-10-12/h7-10H,3-6H2,1-2H3,(H4,15,16,18)/b17-13+. The van der Waals surface area contributed by atoms with Crippen molar-refractivity contribution in [3.05, 3.63) is 35.4 Å². The zero-order chi connectivity index (χ0) is 13.4. The van der Waals surface area contributed by atoms with E-state index in [9.17, 15) is 0 Å². The van der Waals surface area contributed by atoms with Crippen LogP contribution in [0.5, 0.6) is 0 Å². The molecule has 4 heteroatoms. The molecule has 0 fully saturated rings. The smallest absolute Gasteiger partial charge is 0.211 e. The molecule has 0 saturated carbocycles. The van der Waals surface area contributed by atoms with Crippen LogP contribution in [0, 0.1) is 6.92 Å². The molecular weight excluding hydrogens is 224 g/mol. The molecule has 18 heavy (non-hydrogen) atoms. The number of rotatable bonds is 6. The molecule has 0 heterocycles. The van der Waals surface area contributed by atoms with Crippen molar-refractivity contribution in [1.82, 2.24) is 0 Å². The maximum atomic E-state index is 5.32. The maximum Gasteiger partial charge on any atom is 0.211 e. The van der Waals surface area contributed by atoms with E-state index in [1.54, 1.807) is 0 Å². The number of aryl methyl sites for hydroxylation is 1. The van der Waals surface area contributed by atoms with Crippen molar-refractivity contribution < 1.29 is 0 Å². The maximum absolute atomic E-state index is 5.32. The molecule has 0 unspecified atom stereocenters. The van der Waals surface area contributed by atoms with Crippen LogP contribution in [0.25, 0.3) is 0 Å². The minimum absolute atomic E-state index is 0.00453. The second-order valence-electron chi connectivity index (χ2n) is 4.39. The van der Waals surface area contributed by atoms with Crippen LogP contribution in [0.2, 0.25) is 0 Å². The number of nitrogens with two attached hydrogens (primary N) is 2. The molecule has 1 rings (SSSR count). The van der Waals surface area contributed by atoms with Gasteiger partial charge in [-0.1, -0.05) is 49.6 Å². The summed E-state index contributed by atoms with van der Waals surface area (Å²) < 4.78 is 0. The van der Waals surface area contributed by atoms with Gasteiger partial charge in [-0.15, -0.1) is 5.10 Å². The molecule has 0 aromatic heterocycles. The van der Waals surface area contributed by atoms with Crippen LogP contribution in [0.3, 0.4) is 0 Å². The number of unbranched alkanes of at least 4 members (excludes halogenated alkanes) is 2. The molecule has 98 valence electrons. The fraction of sp³-hybridized carbons (Fsp3) is 0.429. The Morgan fingerprint density at radius 2 is 1.72 bits per heavy atom. The SMILES string of the molecule is CCCCC/C(=N\N=C(N)N)c1ccc(C)cc1. The van der Waals surface area contributed by atoms with Gasteiger partial charge in [0.15, 0.2) is 0 Å². The van der Waals surface area contributed by atoms with E-state index in [2.05, 4.69) is 48.3 Å². The fourth-order valence-corrected chi connectivity index (χ4v) is 1.66. The number of hydrogen-bond donors (Lipinski definition) is 2. The minimum atomic E-state index is -0.00453. The summed E-state index contributed by atoms with van der Waals surface area (Å²) in [5.41, 5.74) is 13.9. The second-order valence-corrected chi connectivity index (χ2v) is 4.39. The lowest BCUT2D eigenvalue weighted by Gasteiger charge is -2.05. The van der Waals surface area contributed by atoms with Gasteiger partial charge in [0, 0.05) is 0 Å². The second kappa shape index (κ2) is 7.48. The van der Waals surface area contributed by atoms with E-state index in [0.29, 0.717) is 0 Å². The molecule has 0 spiro atoms. The van der Waals surface area contributed by atoms with Crippen molar-refractivity contribution in [1.29, 1.82) is 0 Å². The normalized spacial score (nSPS) is 11.3. The van der Waals surface area contributed by atoms with Crippen LogP contribution in [0.1, 0.15) is 43.7 Å². The molecule has 4 nitrogen and oxygen atoms in total. The average Bonchev–Trinajstić information content (AvgIpc) is 2.34. The highest BCUT2D eigenvalue weighted by atomic mass is 15.3. The fourth-order valence-electron chi connectivity index (χ4n) is 1.66. The van der Waals surface area contributed by atoms with Gasteiger partial charge in [-0.05, 0) is 25.3 Å². The molecule has 0 bridgehead atoms. The Labute approximate surface area is 109 Å². The van der Waals surface area contributed by atoms with Crippen molar-refractivity contribution in [2.75, 3.05) is 0 Å². The highest BCUT2D eigenvalue weighted by Gasteiger charge is 2.03. The Morgan fingerprint density at radius 3 is 2.28 bits per heavy atom. The lowest BCUT2D eigenvalue weighted by atomic mass is 10.0. The van der Waals surface area contributed by atoms with Gasteiger partial charge in [0.05, 0.1) is 5.71 Å². The van der Waals surface area contributed by atoms with Gasteiger partial charge in [-0.3, -0.25) is 0 Å². The lowest BCUT2D eigenvalue weighted by Crippen LogP contribution is -2.22. The first kappa shape index (κ1) is 14.2. The van der Waals surface area contributed by atoms with Gasteiger partial charge in [-0.25, -0.2) is 0 Å². The van der Waals surface area contributed by atoms with E-state index in [-0.39, 0.29) is 5.96 Å². The lowest BCUT2D eigenvalue weighted by molar-refractivity contribution is 0.741. The van der Waals surface area contributed by atoms with E-state index in [0.717, 1.165) is 24.1 Å². The van der Waals surface area contributed by atoms with Crippen molar-refractivity contribution in [3.8, 4) is 0 Å². The van der Waals surface area contributed by atoms with Gasteiger partial charge >= 0.3 is 0 Å². The number of hydrogen-bond acceptors (Lipinski definition) is 2. The van der Waals surface area contributed by atoms with Crippen LogP contribution >= 0.6 is 0 Å². The highest BCUT2D eigenvalue weighted by Crippen LogP contribution is 2.11. The molecule has 1 aromatic rings. The molecule has 4 N–H and O–H groups in total. The molecule has 0 aliphatic carbocycles. The average molecular weight is 246 g/mol. The monoisotopic (exact) mass is 246 g/mol. The Kier molecular flexibility index (Phi) is 5.91. The molecule has 0 atom stereocenters. The van der Waals surface area contributed by atoms with Crippen LogP contribution in [-0.2, 0) is 0 Å². The van der Waals surface area contributed by atoms with Gasteiger partial charge < -0.3 is 11.5 Å². The zero-order valence-corrected chi connectivity index (χ0v) is 11.2. The van der Waals surface area contributed by atoms with E-state index in [1.807, 2.05) is 0 Å². The summed E-state index contributed by atoms with van der Waals surface area (Å²) in [5, 5.41) is 7.91. The van der Waals surface area contributed by atoms with Gasteiger partial charge in [-0.2, -0.15) is 5.10 Å². The van der Waals surface area contributed by atoms with Gasteiger partial charge in [0.25, 0.3) is 0 Å². The van der Waals surface area contributed by atoms with Crippen molar-refractivity contribution in [2.24, 2.45) is 21.7 Å². The van der Waals surface area contributed by atoms with Crippen LogP contribution in [0.4, 0.5) is 0 Å². The van der Waals surface area contributed by atoms with E-state index >= 15 is 0 Å². The van der Waals surface area contributed by atoms with E-state index < -0.39 is 0 Å². The molecule has 0 amide bonds. The van der Waals surface area contributed by atoms with E-state index in [1.165, 1.54) is 18.4 Å². The summed E-state index contributed by atoms with van der Waals surface area (Å²) in [6.45, 7) is 4.24. The van der Waals surface area contributed by atoms with Crippen LogP contribution in [0.15, 0.2) is 34.5 Å². The quantitative estimate of drug-likeness (QED) is 0.350. The first-order valence-electron chi connectivity index (χ1n) is 6.36. The molecule has 0 saturated heterocycles. The Balaban J connectivity index is 2.86. The predicted molar refractivity (Wildman–Crippen MR) is 77.7 cm³/mol. The summed E-state index contributed by atoms with van der Waals surface area (Å²) in [4.78, 5) is 0. The summed E-state index contributed by atoms with van der Waals surface area (Å²) in [7, 11) is 0. The largest absolute Gasteiger partial charge is 0.369 e. The molecule has 1 aromatic carbocycles. The Morgan fingerprint density at radius 1 is 1.06 bits per heavy atom. The molecule has 0 radical (unpaired) electrons.